The Morgan fingerprint density at radius 3 is 2.84 bits per heavy atom. The number of hydrogen-bond donors (Lipinski definition) is 1. The molecule has 25 heavy (non-hydrogen) atoms. The second-order valence-corrected chi connectivity index (χ2v) is 6.94. The highest BCUT2D eigenvalue weighted by molar-refractivity contribution is 7.16. The van der Waals surface area contributed by atoms with Gasteiger partial charge in [-0.25, -0.2) is 19.7 Å². The molecule has 1 aliphatic heterocycles. The highest BCUT2D eigenvalue weighted by Crippen LogP contribution is 2.25. The predicted octanol–water partition coefficient (Wildman–Crippen LogP) is 1.88. The Hall–Kier alpha value is -2.55. The molecule has 0 saturated carbocycles. The summed E-state index contributed by atoms with van der Waals surface area (Å²) in [6, 6.07) is 1.77. The maximum Gasteiger partial charge on any atom is 0.357 e. The molecule has 3 rings (SSSR count). The van der Waals surface area contributed by atoms with Crippen molar-refractivity contribution in [3.63, 3.8) is 0 Å². The first kappa shape index (κ1) is 17.3. The fourth-order valence-electron chi connectivity index (χ4n) is 2.77. The number of thiazole rings is 1. The Balaban J connectivity index is 1.66. The lowest BCUT2D eigenvalue weighted by molar-refractivity contribution is -0.120. The van der Waals surface area contributed by atoms with Gasteiger partial charge in [-0.2, -0.15) is 0 Å². The lowest BCUT2D eigenvalue weighted by Gasteiger charge is -2.31. The quantitative estimate of drug-likeness (QED) is 0.830. The SMILES string of the molecule is COC(=O)c1nc(NC(=O)C2CCCN(c3ncccn3)C2)sc1C. The minimum absolute atomic E-state index is 0.106. The van der Waals surface area contributed by atoms with Crippen molar-refractivity contribution in [2.24, 2.45) is 5.92 Å². The van der Waals surface area contributed by atoms with Gasteiger partial charge in [0.1, 0.15) is 0 Å². The van der Waals surface area contributed by atoms with E-state index >= 15 is 0 Å². The van der Waals surface area contributed by atoms with Gasteiger partial charge >= 0.3 is 5.97 Å². The number of amides is 1. The summed E-state index contributed by atoms with van der Waals surface area (Å²) in [5.74, 6) is -0.147. The molecule has 1 fully saturated rings. The van der Waals surface area contributed by atoms with E-state index in [0.717, 1.165) is 19.4 Å². The zero-order chi connectivity index (χ0) is 17.8. The van der Waals surface area contributed by atoms with Crippen LogP contribution < -0.4 is 10.2 Å². The van der Waals surface area contributed by atoms with Crippen LogP contribution >= 0.6 is 11.3 Å². The lowest BCUT2D eigenvalue weighted by Crippen LogP contribution is -2.41. The van der Waals surface area contributed by atoms with Crippen molar-refractivity contribution in [1.29, 1.82) is 0 Å². The molecule has 1 N–H and O–H groups in total. The largest absolute Gasteiger partial charge is 0.464 e. The molecule has 1 unspecified atom stereocenters. The van der Waals surface area contributed by atoms with E-state index in [1.807, 2.05) is 4.90 Å². The van der Waals surface area contributed by atoms with Crippen LogP contribution in [0.1, 0.15) is 28.2 Å². The van der Waals surface area contributed by atoms with E-state index in [9.17, 15) is 9.59 Å². The fraction of sp³-hybridized carbons (Fsp3) is 0.438. The molecule has 0 radical (unpaired) electrons. The third-order valence-electron chi connectivity index (χ3n) is 4.03. The number of anilines is 2. The molecule has 132 valence electrons. The highest BCUT2D eigenvalue weighted by Gasteiger charge is 2.28. The predicted molar refractivity (Wildman–Crippen MR) is 93.8 cm³/mol. The van der Waals surface area contributed by atoms with E-state index < -0.39 is 5.97 Å². The number of carbonyl (C=O) groups is 2. The number of methoxy groups -OCH3 is 1. The van der Waals surface area contributed by atoms with Crippen LogP contribution in [0, 0.1) is 12.8 Å². The molecule has 1 saturated heterocycles. The summed E-state index contributed by atoms with van der Waals surface area (Å²) in [4.78, 5) is 39.6. The van der Waals surface area contributed by atoms with E-state index in [4.69, 9.17) is 0 Å². The van der Waals surface area contributed by atoms with Crippen LogP contribution in [-0.4, -0.2) is 47.0 Å². The van der Waals surface area contributed by atoms with Crippen LogP contribution in [0.3, 0.4) is 0 Å². The van der Waals surface area contributed by atoms with Gasteiger partial charge in [0.25, 0.3) is 0 Å². The number of esters is 1. The number of carbonyl (C=O) groups excluding carboxylic acids is 2. The van der Waals surface area contributed by atoms with Crippen LogP contribution in [0.2, 0.25) is 0 Å². The molecule has 9 heteroatoms. The number of nitrogens with one attached hydrogen (secondary N) is 1. The number of rotatable bonds is 4. The first-order chi connectivity index (χ1) is 12.1. The molecule has 2 aromatic heterocycles. The smallest absolute Gasteiger partial charge is 0.357 e. The molecule has 0 aromatic carbocycles. The van der Waals surface area contributed by atoms with Crippen molar-refractivity contribution >= 4 is 34.3 Å². The van der Waals surface area contributed by atoms with Gasteiger partial charge in [0.15, 0.2) is 10.8 Å². The van der Waals surface area contributed by atoms with E-state index in [2.05, 4.69) is 25.0 Å². The highest BCUT2D eigenvalue weighted by atomic mass is 32.1. The molecule has 8 nitrogen and oxygen atoms in total. The Kier molecular flexibility index (Phi) is 5.22. The number of ether oxygens (including phenoxy) is 1. The van der Waals surface area contributed by atoms with Crippen molar-refractivity contribution in [3.05, 3.63) is 29.0 Å². The molecule has 2 aromatic rings. The van der Waals surface area contributed by atoms with E-state index in [-0.39, 0.29) is 17.5 Å². The van der Waals surface area contributed by atoms with Gasteiger partial charge in [0.05, 0.1) is 13.0 Å². The average Bonchev–Trinajstić information content (AvgIpc) is 3.02. The number of aromatic nitrogens is 3. The molecule has 0 spiro atoms. The molecule has 0 bridgehead atoms. The third kappa shape index (κ3) is 3.93. The second kappa shape index (κ2) is 7.56. The van der Waals surface area contributed by atoms with Gasteiger partial charge < -0.3 is 15.0 Å². The Morgan fingerprint density at radius 2 is 2.12 bits per heavy atom. The summed E-state index contributed by atoms with van der Waals surface area (Å²) in [5.41, 5.74) is 0.241. The molecular weight excluding hydrogens is 342 g/mol. The van der Waals surface area contributed by atoms with Gasteiger partial charge in [-0.15, -0.1) is 11.3 Å². The summed E-state index contributed by atoms with van der Waals surface area (Å²) in [6.07, 6.45) is 5.07. The van der Waals surface area contributed by atoms with Gasteiger partial charge in [0.2, 0.25) is 11.9 Å². The van der Waals surface area contributed by atoms with Crippen molar-refractivity contribution in [1.82, 2.24) is 15.0 Å². The number of piperidine rings is 1. The Bertz CT molecular complexity index is 764. The monoisotopic (exact) mass is 361 g/mol. The normalized spacial score (nSPS) is 17.2. The van der Waals surface area contributed by atoms with Gasteiger partial charge in [-0.1, -0.05) is 0 Å². The van der Waals surface area contributed by atoms with Gasteiger partial charge in [-0.3, -0.25) is 4.79 Å². The maximum absolute atomic E-state index is 12.6. The molecule has 3 heterocycles. The van der Waals surface area contributed by atoms with Crippen LogP contribution in [0.15, 0.2) is 18.5 Å². The minimum atomic E-state index is -0.501. The Labute approximate surface area is 149 Å². The third-order valence-corrected chi connectivity index (χ3v) is 4.92. The molecule has 1 amide bonds. The average molecular weight is 361 g/mol. The standard InChI is InChI=1S/C16H19N5O3S/c1-10-12(14(23)24-2)19-16(25-10)20-13(22)11-5-3-8-21(9-11)15-17-6-4-7-18-15/h4,6-7,11H,3,5,8-9H2,1-2H3,(H,19,20,22). The van der Waals surface area contributed by atoms with E-state index in [0.29, 0.717) is 22.5 Å². The summed E-state index contributed by atoms with van der Waals surface area (Å²) >= 11 is 1.27. The molecular formula is C16H19N5O3S. The van der Waals surface area contributed by atoms with Crippen molar-refractivity contribution in [3.8, 4) is 0 Å². The maximum atomic E-state index is 12.6. The number of aryl methyl sites for hydroxylation is 1. The van der Waals surface area contributed by atoms with Crippen molar-refractivity contribution in [2.75, 3.05) is 30.4 Å². The summed E-state index contributed by atoms with van der Waals surface area (Å²) in [6.45, 7) is 3.16. The van der Waals surface area contributed by atoms with Crippen LogP contribution in [0.5, 0.6) is 0 Å². The summed E-state index contributed by atoms with van der Waals surface area (Å²) < 4.78 is 4.69. The molecule has 1 atom stereocenters. The van der Waals surface area contributed by atoms with Crippen molar-refractivity contribution < 1.29 is 14.3 Å². The lowest BCUT2D eigenvalue weighted by atomic mass is 9.97. The van der Waals surface area contributed by atoms with Crippen LogP contribution in [0.25, 0.3) is 0 Å². The van der Waals surface area contributed by atoms with Gasteiger partial charge in [0, 0.05) is 30.4 Å². The zero-order valence-electron chi connectivity index (χ0n) is 14.1. The van der Waals surface area contributed by atoms with Crippen molar-refractivity contribution in [2.45, 2.75) is 19.8 Å². The van der Waals surface area contributed by atoms with Crippen LogP contribution in [-0.2, 0) is 9.53 Å². The van der Waals surface area contributed by atoms with E-state index in [1.165, 1.54) is 18.4 Å². The number of nitrogens with zero attached hydrogens (tertiary/aromatic N) is 4. The fourth-order valence-corrected chi connectivity index (χ4v) is 3.57. The summed E-state index contributed by atoms with van der Waals surface area (Å²) in [7, 11) is 1.31. The zero-order valence-corrected chi connectivity index (χ0v) is 14.9. The van der Waals surface area contributed by atoms with Gasteiger partial charge in [-0.05, 0) is 25.8 Å². The van der Waals surface area contributed by atoms with Crippen LogP contribution in [0.4, 0.5) is 11.1 Å². The molecule has 0 aliphatic carbocycles. The second-order valence-electron chi connectivity index (χ2n) is 5.74. The minimum Gasteiger partial charge on any atom is -0.464 e. The van der Waals surface area contributed by atoms with E-state index in [1.54, 1.807) is 25.4 Å². The number of hydrogen-bond acceptors (Lipinski definition) is 8. The Morgan fingerprint density at radius 1 is 1.36 bits per heavy atom. The first-order valence-electron chi connectivity index (χ1n) is 7.97. The molecule has 1 aliphatic rings. The topological polar surface area (TPSA) is 97.3 Å². The summed E-state index contributed by atoms with van der Waals surface area (Å²) in [5, 5.41) is 3.23. The first-order valence-corrected chi connectivity index (χ1v) is 8.78.